The average Bonchev–Trinajstić information content (AvgIpc) is 3.02. The highest BCUT2D eigenvalue weighted by molar-refractivity contribution is 5.49. The number of ether oxygens (including phenoxy) is 1. The summed E-state index contributed by atoms with van der Waals surface area (Å²) in [6, 6.07) is 4.19. The Balaban J connectivity index is 1.47. The number of anilines is 1. The molecule has 0 N–H and O–H groups in total. The van der Waals surface area contributed by atoms with E-state index in [2.05, 4.69) is 38.8 Å². The normalized spacial score (nSPS) is 18.8. The molecule has 4 heterocycles. The maximum absolute atomic E-state index is 5.88. The van der Waals surface area contributed by atoms with E-state index in [0.29, 0.717) is 0 Å². The van der Waals surface area contributed by atoms with E-state index in [-0.39, 0.29) is 0 Å². The van der Waals surface area contributed by atoms with Crippen LogP contribution < -0.4 is 4.90 Å². The summed E-state index contributed by atoms with van der Waals surface area (Å²) in [4.78, 5) is 14.0. The highest BCUT2D eigenvalue weighted by Crippen LogP contribution is 2.25. The summed E-state index contributed by atoms with van der Waals surface area (Å²) in [5, 5.41) is 0. The summed E-state index contributed by atoms with van der Waals surface area (Å²) in [5.74, 6) is 3.23. The number of nitrogens with zero attached hydrogens (tertiary/aromatic N) is 4. The van der Waals surface area contributed by atoms with Crippen molar-refractivity contribution in [2.24, 2.45) is 0 Å². The van der Waals surface area contributed by atoms with Crippen LogP contribution in [0.1, 0.15) is 29.7 Å². The van der Waals surface area contributed by atoms with Crippen LogP contribution in [-0.2, 0) is 30.5 Å². The number of aromatic nitrogens is 2. The molecule has 25 heavy (non-hydrogen) atoms. The Morgan fingerprint density at radius 2 is 1.80 bits per heavy atom. The van der Waals surface area contributed by atoms with Crippen LogP contribution in [0.2, 0.25) is 0 Å². The molecule has 0 aromatic carbocycles. The molecule has 134 valence electrons. The molecule has 0 aliphatic carbocycles. The number of rotatable bonds is 4. The van der Waals surface area contributed by atoms with Gasteiger partial charge < -0.3 is 14.1 Å². The van der Waals surface area contributed by atoms with Gasteiger partial charge in [0.05, 0.1) is 25.5 Å². The molecule has 0 atom stereocenters. The lowest BCUT2D eigenvalue weighted by atomic mass is 10.1. The fourth-order valence-electron chi connectivity index (χ4n) is 3.68. The van der Waals surface area contributed by atoms with Gasteiger partial charge >= 0.3 is 0 Å². The first-order chi connectivity index (χ1) is 12.3. The van der Waals surface area contributed by atoms with Gasteiger partial charge in [0.2, 0.25) is 0 Å². The van der Waals surface area contributed by atoms with E-state index < -0.39 is 0 Å². The van der Waals surface area contributed by atoms with Crippen LogP contribution in [0.3, 0.4) is 0 Å². The molecule has 0 bridgehead atoms. The molecule has 6 heteroatoms. The third kappa shape index (κ3) is 3.70. The van der Waals surface area contributed by atoms with Crippen molar-refractivity contribution in [1.29, 1.82) is 0 Å². The second-order valence-corrected chi connectivity index (χ2v) is 6.72. The summed E-state index contributed by atoms with van der Waals surface area (Å²) in [7, 11) is 0. The van der Waals surface area contributed by atoms with E-state index in [0.717, 1.165) is 82.5 Å². The molecule has 4 rings (SSSR count). The van der Waals surface area contributed by atoms with Gasteiger partial charge in [-0.15, -0.1) is 0 Å². The van der Waals surface area contributed by atoms with Crippen LogP contribution in [0.5, 0.6) is 0 Å². The first kappa shape index (κ1) is 16.5. The Labute approximate surface area is 148 Å². The third-order valence-corrected chi connectivity index (χ3v) is 5.11. The van der Waals surface area contributed by atoms with Gasteiger partial charge in [-0.3, -0.25) is 4.90 Å². The molecule has 0 unspecified atom stereocenters. The number of hydrogen-bond donors (Lipinski definition) is 0. The number of morpholine rings is 1. The van der Waals surface area contributed by atoms with Crippen LogP contribution in [0.15, 0.2) is 22.9 Å². The minimum absolute atomic E-state index is 0.781. The topological polar surface area (TPSA) is 54.6 Å². The van der Waals surface area contributed by atoms with Gasteiger partial charge in [-0.2, -0.15) is 0 Å². The summed E-state index contributed by atoms with van der Waals surface area (Å²) in [6.07, 6.45) is 4.63. The Morgan fingerprint density at radius 1 is 1.00 bits per heavy atom. The summed E-state index contributed by atoms with van der Waals surface area (Å²) in [5.41, 5.74) is 2.52. The van der Waals surface area contributed by atoms with E-state index in [1.165, 1.54) is 11.3 Å². The van der Waals surface area contributed by atoms with Crippen molar-refractivity contribution in [2.75, 3.05) is 44.3 Å². The molecule has 6 nitrogen and oxygen atoms in total. The lowest BCUT2D eigenvalue weighted by Crippen LogP contribution is -2.37. The molecule has 0 amide bonds. The Kier molecular flexibility index (Phi) is 4.99. The average molecular weight is 342 g/mol. The lowest BCUT2D eigenvalue weighted by Gasteiger charge is -2.29. The summed E-state index contributed by atoms with van der Waals surface area (Å²) in [6.45, 7) is 8.41. The standard InChI is InChI=1S/C19H26N4O2/c1-2-15-3-4-16(25-15)13-22-7-5-17-18(6-8-22)20-14-21-19(17)23-9-11-24-12-10-23/h3-4,14H,2,5-13H2,1H3. The number of hydrogen-bond acceptors (Lipinski definition) is 6. The number of fused-ring (bicyclic) bond motifs is 1. The van der Waals surface area contributed by atoms with Crippen molar-refractivity contribution in [3.8, 4) is 0 Å². The Morgan fingerprint density at radius 3 is 2.60 bits per heavy atom. The smallest absolute Gasteiger partial charge is 0.135 e. The minimum Gasteiger partial charge on any atom is -0.465 e. The van der Waals surface area contributed by atoms with Crippen molar-refractivity contribution in [3.63, 3.8) is 0 Å². The van der Waals surface area contributed by atoms with Gasteiger partial charge in [0.25, 0.3) is 0 Å². The molecule has 2 aliphatic heterocycles. The van der Waals surface area contributed by atoms with Crippen molar-refractivity contribution in [2.45, 2.75) is 32.7 Å². The molecule has 0 spiro atoms. The fourth-order valence-corrected chi connectivity index (χ4v) is 3.68. The Hall–Kier alpha value is -1.92. The van der Waals surface area contributed by atoms with Gasteiger partial charge in [-0.1, -0.05) is 6.92 Å². The molecule has 0 saturated carbocycles. The van der Waals surface area contributed by atoms with Crippen molar-refractivity contribution >= 4 is 5.82 Å². The highest BCUT2D eigenvalue weighted by Gasteiger charge is 2.23. The number of aryl methyl sites for hydroxylation is 1. The maximum Gasteiger partial charge on any atom is 0.135 e. The van der Waals surface area contributed by atoms with E-state index in [4.69, 9.17) is 9.15 Å². The van der Waals surface area contributed by atoms with Gasteiger partial charge in [-0.05, 0) is 18.6 Å². The van der Waals surface area contributed by atoms with E-state index in [1.54, 1.807) is 6.33 Å². The van der Waals surface area contributed by atoms with Gasteiger partial charge in [0, 0.05) is 44.6 Å². The second-order valence-electron chi connectivity index (χ2n) is 6.72. The third-order valence-electron chi connectivity index (χ3n) is 5.11. The second kappa shape index (κ2) is 7.54. The molecule has 0 radical (unpaired) electrons. The summed E-state index contributed by atoms with van der Waals surface area (Å²) < 4.78 is 11.4. The van der Waals surface area contributed by atoms with Crippen LogP contribution in [0, 0.1) is 0 Å². The van der Waals surface area contributed by atoms with Crippen LogP contribution >= 0.6 is 0 Å². The first-order valence-corrected chi connectivity index (χ1v) is 9.29. The van der Waals surface area contributed by atoms with Crippen LogP contribution in [0.25, 0.3) is 0 Å². The van der Waals surface area contributed by atoms with E-state index >= 15 is 0 Å². The molecule has 1 fully saturated rings. The fraction of sp³-hybridized carbons (Fsp3) is 0.579. The molecule has 1 saturated heterocycles. The number of furan rings is 1. The molecule has 2 aliphatic rings. The van der Waals surface area contributed by atoms with Gasteiger partial charge in [0.15, 0.2) is 0 Å². The van der Waals surface area contributed by atoms with Gasteiger partial charge in [0.1, 0.15) is 23.7 Å². The molecule has 2 aromatic rings. The predicted octanol–water partition coefficient (Wildman–Crippen LogP) is 2.07. The maximum atomic E-state index is 5.88. The van der Waals surface area contributed by atoms with Crippen LogP contribution in [0.4, 0.5) is 5.82 Å². The van der Waals surface area contributed by atoms with Crippen molar-refractivity contribution in [1.82, 2.24) is 14.9 Å². The summed E-state index contributed by atoms with van der Waals surface area (Å²) >= 11 is 0. The SMILES string of the molecule is CCc1ccc(CN2CCc3ncnc(N4CCOCC4)c3CC2)o1. The van der Waals surface area contributed by atoms with E-state index in [9.17, 15) is 0 Å². The Bertz CT molecular complexity index is 709. The minimum atomic E-state index is 0.781. The largest absolute Gasteiger partial charge is 0.465 e. The first-order valence-electron chi connectivity index (χ1n) is 9.29. The monoisotopic (exact) mass is 342 g/mol. The lowest BCUT2D eigenvalue weighted by molar-refractivity contribution is 0.122. The zero-order chi connectivity index (χ0) is 17.1. The molecular formula is C19H26N4O2. The zero-order valence-corrected chi connectivity index (χ0v) is 14.9. The molecular weight excluding hydrogens is 316 g/mol. The highest BCUT2D eigenvalue weighted by atomic mass is 16.5. The van der Waals surface area contributed by atoms with Crippen molar-refractivity contribution in [3.05, 3.63) is 41.2 Å². The quantitative estimate of drug-likeness (QED) is 0.848. The predicted molar refractivity (Wildman–Crippen MR) is 95.8 cm³/mol. The van der Waals surface area contributed by atoms with Crippen LogP contribution in [-0.4, -0.2) is 54.3 Å². The molecule has 2 aromatic heterocycles. The van der Waals surface area contributed by atoms with Gasteiger partial charge in [-0.25, -0.2) is 9.97 Å². The van der Waals surface area contributed by atoms with E-state index in [1.807, 2.05) is 0 Å². The zero-order valence-electron chi connectivity index (χ0n) is 14.9. The van der Waals surface area contributed by atoms with Crippen molar-refractivity contribution < 1.29 is 9.15 Å².